The van der Waals surface area contributed by atoms with Gasteiger partial charge in [-0.05, 0) is 80.7 Å². The van der Waals surface area contributed by atoms with Crippen molar-refractivity contribution in [1.82, 2.24) is 19.5 Å². The Hall–Kier alpha value is -6.01. The number of hydrogen-bond donors (Lipinski definition) is 0. The van der Waals surface area contributed by atoms with Crippen LogP contribution in [-0.2, 0) is 4.74 Å². The second kappa shape index (κ2) is 13.9. The molecule has 6 heteroatoms. The molecule has 0 spiro atoms. The number of nitrogens with zero attached hydrogens (tertiary/aromatic N) is 5. The molecule has 0 radical (unpaired) electrons. The molecule has 6 nitrogen and oxygen atoms in total. The topological polar surface area (TPSA) is 66.9 Å². The van der Waals surface area contributed by atoms with Gasteiger partial charge >= 0.3 is 0 Å². The van der Waals surface area contributed by atoms with Gasteiger partial charge in [0.05, 0.1) is 11.2 Å². The number of fused-ring (bicyclic) bond motifs is 6. The van der Waals surface area contributed by atoms with Crippen LogP contribution >= 0.6 is 0 Å². The fourth-order valence-corrected chi connectivity index (χ4v) is 9.69. The SMILES string of the molecule is C1=CCCC(C2C=CC(C3=CCCC4=C3C3C=Cc5c(n(-c6ccccc6)c6ccccc56)C3O4)=C(c3nc(C4=CCCC=C4)nc(C4CC=CCC4)n3)[N-]2)=C1. The molecule has 5 aliphatic carbocycles. The number of rotatable bonds is 6. The van der Waals surface area contributed by atoms with Gasteiger partial charge in [-0.15, -0.1) is 0 Å². The van der Waals surface area contributed by atoms with Crippen molar-refractivity contribution in [2.24, 2.45) is 5.92 Å². The molecule has 0 saturated heterocycles. The molecular formula is C50H44N5O-. The second-order valence-corrected chi connectivity index (χ2v) is 15.8. The normalized spacial score (nSPS) is 25.0. The van der Waals surface area contributed by atoms with Crippen molar-refractivity contribution in [2.75, 3.05) is 0 Å². The fourth-order valence-electron chi connectivity index (χ4n) is 9.69. The third-order valence-electron chi connectivity index (χ3n) is 12.4. The molecule has 0 amide bonds. The van der Waals surface area contributed by atoms with Crippen molar-refractivity contribution in [3.05, 3.63) is 190 Å². The van der Waals surface area contributed by atoms with E-state index >= 15 is 0 Å². The lowest BCUT2D eigenvalue weighted by atomic mass is 9.77. The van der Waals surface area contributed by atoms with Crippen molar-refractivity contribution in [2.45, 2.75) is 75.9 Å². The maximum Gasteiger partial charge on any atom is 0.163 e. The van der Waals surface area contributed by atoms with E-state index in [0.29, 0.717) is 5.82 Å². The zero-order valence-corrected chi connectivity index (χ0v) is 31.5. The Labute approximate surface area is 328 Å². The average Bonchev–Trinajstić information content (AvgIpc) is 3.84. The standard InChI is InChI=1S/C50H44N5O/c1-5-16-32(17-6-1)41-31-30-38(45(51-41)50-53-48(33-18-7-2-8-19-33)52-49(54-50)34-20-9-3-10-21-34)37-25-15-27-43-44(37)40-29-28-39-36-24-13-14-26-42(36)55(46(39)47(40)56-43)35-22-11-4-12-23-35/h1-2,4-5,7,9,11-14,16,20-26,28-31,33,40-41,47H,3,6,8,10,15,17-19,27H2/q-1. The summed E-state index contributed by atoms with van der Waals surface area (Å²) in [6, 6.07) is 19.4. The molecule has 0 bridgehead atoms. The van der Waals surface area contributed by atoms with E-state index in [1.165, 1.54) is 38.9 Å². The summed E-state index contributed by atoms with van der Waals surface area (Å²) < 4.78 is 9.60. The predicted molar refractivity (Wildman–Crippen MR) is 226 cm³/mol. The largest absolute Gasteiger partial charge is 0.672 e. The van der Waals surface area contributed by atoms with Crippen molar-refractivity contribution >= 4 is 28.2 Å². The Balaban J connectivity index is 1.06. The number of ether oxygens (including phenoxy) is 1. The molecule has 276 valence electrons. The van der Waals surface area contributed by atoms with Crippen LogP contribution in [0.15, 0.2) is 156 Å². The van der Waals surface area contributed by atoms with E-state index < -0.39 is 0 Å². The number of hydrogen-bond acceptors (Lipinski definition) is 4. The van der Waals surface area contributed by atoms with Crippen molar-refractivity contribution in [3.8, 4) is 5.69 Å². The van der Waals surface area contributed by atoms with E-state index in [2.05, 4.69) is 138 Å². The van der Waals surface area contributed by atoms with Crippen molar-refractivity contribution in [1.29, 1.82) is 0 Å². The summed E-state index contributed by atoms with van der Waals surface area (Å²) in [4.78, 5) is 15.8. The monoisotopic (exact) mass is 730 g/mol. The van der Waals surface area contributed by atoms with Crippen LogP contribution in [0.1, 0.15) is 98.5 Å². The van der Waals surface area contributed by atoms with Crippen LogP contribution < -0.4 is 0 Å². The molecule has 2 aliphatic heterocycles. The first-order valence-electron chi connectivity index (χ1n) is 20.5. The third-order valence-corrected chi connectivity index (χ3v) is 12.4. The molecule has 2 aromatic heterocycles. The van der Waals surface area contributed by atoms with Crippen LogP contribution in [0.25, 0.3) is 39.3 Å². The summed E-state index contributed by atoms with van der Waals surface area (Å²) in [7, 11) is 0. The Kier molecular flexibility index (Phi) is 8.29. The van der Waals surface area contributed by atoms with Gasteiger partial charge in [-0.1, -0.05) is 133 Å². The van der Waals surface area contributed by atoms with Crippen LogP contribution in [0, 0.1) is 5.92 Å². The number of aromatic nitrogens is 4. The molecule has 2 aromatic carbocycles. The van der Waals surface area contributed by atoms with Gasteiger partial charge in [0.1, 0.15) is 23.5 Å². The molecule has 0 saturated carbocycles. The van der Waals surface area contributed by atoms with Crippen LogP contribution in [0.5, 0.6) is 0 Å². The summed E-state index contributed by atoms with van der Waals surface area (Å²) in [5, 5.41) is 6.85. The summed E-state index contributed by atoms with van der Waals surface area (Å²) in [5.74, 6) is 3.69. The lowest BCUT2D eigenvalue weighted by Gasteiger charge is -2.40. The van der Waals surface area contributed by atoms with E-state index in [-0.39, 0.29) is 24.0 Å². The zero-order chi connectivity index (χ0) is 37.0. The van der Waals surface area contributed by atoms with E-state index in [4.69, 9.17) is 25.0 Å². The van der Waals surface area contributed by atoms with Crippen LogP contribution in [0.2, 0.25) is 0 Å². The van der Waals surface area contributed by atoms with Crippen LogP contribution in [0.3, 0.4) is 0 Å². The highest BCUT2D eigenvalue weighted by Crippen LogP contribution is 2.55. The molecule has 7 aliphatic rings. The number of benzene rings is 2. The van der Waals surface area contributed by atoms with Gasteiger partial charge in [0.15, 0.2) is 5.82 Å². The highest BCUT2D eigenvalue weighted by atomic mass is 16.5. The minimum atomic E-state index is -0.144. The summed E-state index contributed by atoms with van der Waals surface area (Å²) in [6.07, 6.45) is 38.4. The van der Waals surface area contributed by atoms with Crippen LogP contribution in [0.4, 0.5) is 0 Å². The third kappa shape index (κ3) is 5.65. The van der Waals surface area contributed by atoms with E-state index in [1.54, 1.807) is 0 Å². The Morgan fingerprint density at radius 1 is 0.750 bits per heavy atom. The lowest BCUT2D eigenvalue weighted by Crippen LogP contribution is -2.20. The van der Waals surface area contributed by atoms with E-state index in [0.717, 1.165) is 97.7 Å². The Morgan fingerprint density at radius 2 is 1.66 bits per heavy atom. The van der Waals surface area contributed by atoms with Gasteiger partial charge < -0.3 is 14.6 Å². The van der Waals surface area contributed by atoms with Gasteiger partial charge in [-0.3, -0.25) is 0 Å². The van der Waals surface area contributed by atoms with E-state index in [1.807, 2.05) is 0 Å². The van der Waals surface area contributed by atoms with Gasteiger partial charge in [0.25, 0.3) is 0 Å². The van der Waals surface area contributed by atoms with Crippen molar-refractivity contribution in [3.63, 3.8) is 0 Å². The molecule has 4 unspecified atom stereocenters. The number of allylic oxidation sites excluding steroid dienone is 14. The maximum atomic E-state index is 7.17. The minimum Gasteiger partial charge on any atom is -0.672 e. The molecule has 4 atom stereocenters. The van der Waals surface area contributed by atoms with Gasteiger partial charge in [0, 0.05) is 46.0 Å². The summed E-state index contributed by atoms with van der Waals surface area (Å²) in [6.45, 7) is 0. The lowest BCUT2D eigenvalue weighted by molar-refractivity contribution is 0.114. The van der Waals surface area contributed by atoms with Gasteiger partial charge in [0.2, 0.25) is 0 Å². The smallest absolute Gasteiger partial charge is 0.163 e. The highest BCUT2D eigenvalue weighted by Gasteiger charge is 2.44. The molecule has 4 aromatic rings. The van der Waals surface area contributed by atoms with Crippen LogP contribution in [-0.4, -0.2) is 25.6 Å². The zero-order valence-electron chi connectivity index (χ0n) is 31.5. The molecule has 11 rings (SSSR count). The van der Waals surface area contributed by atoms with E-state index in [9.17, 15) is 0 Å². The van der Waals surface area contributed by atoms with Crippen molar-refractivity contribution < 1.29 is 4.74 Å². The summed E-state index contributed by atoms with van der Waals surface area (Å²) >= 11 is 0. The Morgan fingerprint density at radius 3 is 2.52 bits per heavy atom. The quantitative estimate of drug-likeness (QED) is 0.185. The molecular weight excluding hydrogens is 687 g/mol. The summed E-state index contributed by atoms with van der Waals surface area (Å²) in [5.41, 5.74) is 11.6. The first-order chi connectivity index (χ1) is 27.8. The first-order valence-corrected chi connectivity index (χ1v) is 20.5. The molecule has 0 N–H and O–H groups in total. The fraction of sp³-hybridized carbons (Fsp3) is 0.260. The number of para-hydroxylation sites is 2. The Bertz CT molecular complexity index is 2580. The molecule has 56 heavy (non-hydrogen) atoms. The molecule has 4 heterocycles. The molecule has 0 fully saturated rings. The van der Waals surface area contributed by atoms with Gasteiger partial charge in [-0.25, -0.2) is 15.0 Å². The minimum absolute atomic E-state index is 0.0536. The second-order valence-electron chi connectivity index (χ2n) is 15.8. The highest BCUT2D eigenvalue weighted by molar-refractivity contribution is 5.94. The predicted octanol–water partition coefficient (Wildman–Crippen LogP) is 12.1. The first kappa shape index (κ1) is 33.3. The van der Waals surface area contributed by atoms with Gasteiger partial charge in [-0.2, -0.15) is 0 Å². The average molecular weight is 731 g/mol. The maximum absolute atomic E-state index is 7.17.